The van der Waals surface area contributed by atoms with Crippen molar-refractivity contribution in [3.05, 3.63) is 22.6 Å². The summed E-state index contributed by atoms with van der Waals surface area (Å²) in [4.78, 5) is 0. The van der Waals surface area contributed by atoms with Crippen molar-refractivity contribution in [2.24, 2.45) is 0 Å². The number of halogens is 1. The Kier molecular flexibility index (Phi) is 5.70. The lowest BCUT2D eigenvalue weighted by Crippen LogP contribution is -2.27. The highest BCUT2D eigenvalue weighted by Gasteiger charge is 2.21. The Balaban J connectivity index is 2.65. The van der Waals surface area contributed by atoms with E-state index in [2.05, 4.69) is 42.0 Å². The molecule has 1 rings (SSSR count). The van der Waals surface area contributed by atoms with E-state index in [1.54, 1.807) is 13.4 Å². The molecule has 1 unspecified atom stereocenters. The van der Waals surface area contributed by atoms with Gasteiger partial charge in [0.25, 0.3) is 0 Å². The summed E-state index contributed by atoms with van der Waals surface area (Å²) in [5, 5.41) is 3.48. The smallest absolute Gasteiger partial charge is 0.173 e. The summed E-state index contributed by atoms with van der Waals surface area (Å²) in [6.07, 6.45) is 3.73. The van der Waals surface area contributed by atoms with Gasteiger partial charge in [-0.1, -0.05) is 6.92 Å². The summed E-state index contributed by atoms with van der Waals surface area (Å²) in [6, 6.07) is 2.32. The van der Waals surface area contributed by atoms with Crippen molar-refractivity contribution in [1.82, 2.24) is 5.32 Å². The maximum Gasteiger partial charge on any atom is 0.173 e. The Labute approximate surface area is 112 Å². The average Bonchev–Trinajstić information content (AvgIpc) is 2.71. The molecule has 1 atom stereocenters. The Morgan fingerprint density at radius 2 is 2.24 bits per heavy atom. The summed E-state index contributed by atoms with van der Waals surface area (Å²) in [6.45, 7) is 7.28. The number of nitrogens with one attached hydrogen (secondary N) is 1. The molecule has 0 spiro atoms. The predicted octanol–water partition coefficient (Wildman–Crippen LogP) is 3.90. The van der Waals surface area contributed by atoms with Gasteiger partial charge in [0.2, 0.25) is 0 Å². The number of hydrogen-bond donors (Lipinski definition) is 1. The van der Waals surface area contributed by atoms with Crippen LogP contribution in [0.2, 0.25) is 0 Å². The predicted molar refractivity (Wildman–Crippen MR) is 73.1 cm³/mol. The monoisotopic (exact) mass is 303 g/mol. The van der Waals surface area contributed by atoms with Gasteiger partial charge >= 0.3 is 0 Å². The van der Waals surface area contributed by atoms with E-state index >= 15 is 0 Å². The molecule has 0 radical (unpaired) electrons. The fourth-order valence-electron chi connectivity index (χ4n) is 1.76. The van der Waals surface area contributed by atoms with E-state index in [9.17, 15) is 0 Å². The van der Waals surface area contributed by atoms with Crippen LogP contribution >= 0.6 is 15.9 Å². The molecular weight excluding hydrogens is 282 g/mol. The quantitative estimate of drug-likeness (QED) is 0.829. The molecule has 0 bridgehead atoms. The van der Waals surface area contributed by atoms with Crippen LogP contribution in [-0.4, -0.2) is 19.3 Å². The van der Waals surface area contributed by atoms with E-state index in [4.69, 9.17) is 9.15 Å². The second kappa shape index (κ2) is 6.57. The van der Waals surface area contributed by atoms with E-state index in [-0.39, 0.29) is 5.60 Å². The maximum atomic E-state index is 5.45. The van der Waals surface area contributed by atoms with Gasteiger partial charge in [-0.3, -0.25) is 0 Å². The van der Waals surface area contributed by atoms with Crippen molar-refractivity contribution in [3.8, 4) is 0 Å². The molecule has 1 heterocycles. The van der Waals surface area contributed by atoms with Crippen molar-refractivity contribution in [1.29, 1.82) is 0 Å². The third kappa shape index (κ3) is 4.45. The van der Waals surface area contributed by atoms with Gasteiger partial charge in [0, 0.05) is 18.7 Å². The first-order valence-corrected chi connectivity index (χ1v) is 6.81. The first-order valence-electron chi connectivity index (χ1n) is 6.01. The summed E-state index contributed by atoms with van der Waals surface area (Å²) in [5.74, 6) is 0. The Bertz CT molecular complexity index is 336. The Hall–Kier alpha value is -0.320. The Morgan fingerprint density at radius 1 is 1.53 bits per heavy atom. The van der Waals surface area contributed by atoms with Gasteiger partial charge in [-0.25, -0.2) is 0 Å². The molecule has 1 aromatic rings. The van der Waals surface area contributed by atoms with Crippen molar-refractivity contribution in [3.63, 3.8) is 0 Å². The molecule has 0 aliphatic rings. The normalized spacial score (nSPS) is 13.9. The highest BCUT2D eigenvalue weighted by Crippen LogP contribution is 2.30. The number of ether oxygens (including phenoxy) is 1. The molecule has 0 aliphatic heterocycles. The molecule has 17 heavy (non-hydrogen) atoms. The summed E-state index contributed by atoms with van der Waals surface area (Å²) >= 11 is 3.44. The third-order valence-corrected chi connectivity index (χ3v) is 3.70. The lowest BCUT2D eigenvalue weighted by atomic mass is 9.96. The van der Waals surface area contributed by atoms with E-state index in [0.29, 0.717) is 6.04 Å². The van der Waals surface area contributed by atoms with E-state index < -0.39 is 0 Å². The molecule has 0 amide bonds. The molecular formula is C13H22BrNO2. The van der Waals surface area contributed by atoms with Crippen LogP contribution in [0.25, 0.3) is 0 Å². The first-order chi connectivity index (χ1) is 8.00. The van der Waals surface area contributed by atoms with Gasteiger partial charge in [-0.05, 0) is 55.2 Å². The first kappa shape index (κ1) is 14.7. The van der Waals surface area contributed by atoms with Crippen molar-refractivity contribution >= 4 is 15.9 Å². The van der Waals surface area contributed by atoms with Crippen LogP contribution in [0.4, 0.5) is 0 Å². The van der Waals surface area contributed by atoms with Crippen molar-refractivity contribution in [2.45, 2.75) is 45.3 Å². The maximum absolute atomic E-state index is 5.45. The van der Waals surface area contributed by atoms with Crippen LogP contribution < -0.4 is 5.32 Å². The molecule has 4 heteroatoms. The van der Waals surface area contributed by atoms with E-state index in [0.717, 1.165) is 24.1 Å². The fourth-order valence-corrected chi connectivity index (χ4v) is 2.28. The second-order valence-corrected chi connectivity index (χ2v) is 5.48. The topological polar surface area (TPSA) is 34.4 Å². The summed E-state index contributed by atoms with van der Waals surface area (Å²) in [7, 11) is 1.76. The molecule has 0 aromatic carbocycles. The minimum absolute atomic E-state index is 0.0795. The highest BCUT2D eigenvalue weighted by atomic mass is 79.9. The van der Waals surface area contributed by atoms with Crippen molar-refractivity contribution in [2.75, 3.05) is 13.7 Å². The molecule has 0 saturated carbocycles. The standard InChI is InChI=1S/C13H22BrNO2/c1-5-15-11(6-8-13(2,3)16-4)10-7-9-17-12(10)14/h7,9,11,15H,5-6,8H2,1-4H3. The number of rotatable bonds is 7. The number of hydrogen-bond acceptors (Lipinski definition) is 3. The Morgan fingerprint density at radius 3 is 2.71 bits per heavy atom. The molecule has 0 saturated heterocycles. The largest absolute Gasteiger partial charge is 0.457 e. The number of furan rings is 1. The zero-order chi connectivity index (χ0) is 12.9. The summed E-state index contributed by atoms with van der Waals surface area (Å²) in [5.41, 5.74) is 1.10. The van der Waals surface area contributed by atoms with Gasteiger partial charge in [-0.2, -0.15) is 0 Å². The van der Waals surface area contributed by atoms with Crippen molar-refractivity contribution < 1.29 is 9.15 Å². The SMILES string of the molecule is CCNC(CCC(C)(C)OC)c1ccoc1Br. The van der Waals surface area contributed by atoms with E-state index in [1.165, 1.54) is 5.56 Å². The third-order valence-electron chi connectivity index (χ3n) is 3.06. The van der Waals surface area contributed by atoms with Crippen LogP contribution in [0.15, 0.2) is 21.4 Å². The van der Waals surface area contributed by atoms with Gasteiger partial charge in [0.05, 0.1) is 11.9 Å². The van der Waals surface area contributed by atoms with Gasteiger partial charge in [0.1, 0.15) is 0 Å². The van der Waals surface area contributed by atoms with Crippen LogP contribution in [0.3, 0.4) is 0 Å². The van der Waals surface area contributed by atoms with Crippen LogP contribution in [-0.2, 0) is 4.74 Å². The molecule has 1 N–H and O–H groups in total. The average molecular weight is 304 g/mol. The highest BCUT2D eigenvalue weighted by molar-refractivity contribution is 9.10. The molecule has 0 fully saturated rings. The minimum atomic E-state index is -0.0795. The zero-order valence-corrected chi connectivity index (χ0v) is 12.6. The zero-order valence-electron chi connectivity index (χ0n) is 11.0. The summed E-state index contributed by atoms with van der Waals surface area (Å²) < 4.78 is 11.6. The molecule has 98 valence electrons. The van der Waals surface area contributed by atoms with Crippen LogP contribution in [0.1, 0.15) is 45.2 Å². The van der Waals surface area contributed by atoms with Crippen LogP contribution in [0.5, 0.6) is 0 Å². The molecule has 3 nitrogen and oxygen atoms in total. The minimum Gasteiger partial charge on any atom is -0.457 e. The molecule has 1 aromatic heterocycles. The number of methoxy groups -OCH3 is 1. The van der Waals surface area contributed by atoms with Gasteiger partial charge in [0.15, 0.2) is 4.67 Å². The van der Waals surface area contributed by atoms with Crippen LogP contribution in [0, 0.1) is 0 Å². The van der Waals surface area contributed by atoms with E-state index in [1.807, 2.05) is 6.07 Å². The lowest BCUT2D eigenvalue weighted by molar-refractivity contribution is 0.0117. The van der Waals surface area contributed by atoms with Gasteiger partial charge in [-0.15, -0.1) is 0 Å². The van der Waals surface area contributed by atoms with Gasteiger partial charge < -0.3 is 14.5 Å². The lowest BCUT2D eigenvalue weighted by Gasteiger charge is -2.26. The molecule has 0 aliphatic carbocycles. The fraction of sp³-hybridized carbons (Fsp3) is 0.692. The second-order valence-electron chi connectivity index (χ2n) is 4.76.